The quantitative estimate of drug-likeness (QED) is 0.290. The van der Waals surface area contributed by atoms with Crippen molar-refractivity contribution in [3.05, 3.63) is 66.7 Å². The third kappa shape index (κ3) is 2.41. The number of carboxylic acids is 1. The Hall–Kier alpha value is -3.33. The zero-order chi connectivity index (χ0) is 17.6. The molecule has 0 saturated carbocycles. The molecule has 122 valence electrons. The number of aliphatic carboxylic acids is 1. The summed E-state index contributed by atoms with van der Waals surface area (Å²) in [6, 6.07) is 22.9. The van der Waals surface area contributed by atoms with Crippen molar-refractivity contribution in [2.45, 2.75) is 6.92 Å². The van der Waals surface area contributed by atoms with Crippen LogP contribution in [0.5, 0.6) is 5.75 Å². The van der Waals surface area contributed by atoms with Crippen LogP contribution in [0.2, 0.25) is 0 Å². The van der Waals surface area contributed by atoms with Crippen LogP contribution in [-0.4, -0.2) is 16.2 Å². The smallest absolute Gasteiger partial charge is 0.300 e. The Morgan fingerprint density at radius 2 is 1.40 bits per heavy atom. The maximum Gasteiger partial charge on any atom is 0.300 e. The Kier molecular flexibility index (Phi) is 3.43. The molecule has 0 bridgehead atoms. The van der Waals surface area contributed by atoms with E-state index in [4.69, 9.17) is 9.90 Å². The fraction of sp³-hybridized carbons (Fsp3) is 0.0455. The fourth-order valence-corrected chi connectivity index (χ4v) is 3.55. The Morgan fingerprint density at radius 3 is 2.20 bits per heavy atom. The SMILES string of the molecule is CC(=O)O.Oc1cc2cccc3ccc4c5ccccc5cc1c4c32. The van der Waals surface area contributed by atoms with E-state index in [1.54, 1.807) is 0 Å². The van der Waals surface area contributed by atoms with Crippen LogP contribution >= 0.6 is 0 Å². The fourth-order valence-electron chi connectivity index (χ4n) is 3.55. The molecule has 0 aliphatic heterocycles. The molecule has 0 aromatic heterocycles. The van der Waals surface area contributed by atoms with Crippen LogP contribution in [-0.2, 0) is 4.79 Å². The van der Waals surface area contributed by atoms with Crippen LogP contribution in [0.4, 0.5) is 0 Å². The minimum Gasteiger partial charge on any atom is -0.507 e. The molecule has 0 aliphatic carbocycles. The lowest BCUT2D eigenvalue weighted by Crippen LogP contribution is -1.86. The molecule has 0 heterocycles. The maximum atomic E-state index is 10.4. The van der Waals surface area contributed by atoms with Crippen molar-refractivity contribution in [3.63, 3.8) is 0 Å². The van der Waals surface area contributed by atoms with Crippen molar-refractivity contribution in [1.29, 1.82) is 0 Å². The second-order valence-electron chi connectivity index (χ2n) is 6.13. The molecule has 5 rings (SSSR count). The number of carboxylic acid groups (broad SMARTS) is 1. The molecule has 5 aromatic carbocycles. The molecule has 0 amide bonds. The van der Waals surface area contributed by atoms with Gasteiger partial charge >= 0.3 is 0 Å². The predicted molar refractivity (Wildman–Crippen MR) is 103 cm³/mol. The van der Waals surface area contributed by atoms with E-state index < -0.39 is 5.97 Å². The van der Waals surface area contributed by atoms with Crippen LogP contribution < -0.4 is 0 Å². The van der Waals surface area contributed by atoms with Gasteiger partial charge in [0.1, 0.15) is 5.75 Å². The highest BCUT2D eigenvalue weighted by molar-refractivity contribution is 6.30. The average molecular weight is 328 g/mol. The van der Waals surface area contributed by atoms with E-state index >= 15 is 0 Å². The van der Waals surface area contributed by atoms with Gasteiger partial charge in [-0.05, 0) is 44.5 Å². The maximum absolute atomic E-state index is 10.4. The molecule has 0 spiro atoms. The van der Waals surface area contributed by atoms with Crippen molar-refractivity contribution in [2.24, 2.45) is 0 Å². The summed E-state index contributed by atoms with van der Waals surface area (Å²) < 4.78 is 0. The minimum atomic E-state index is -0.833. The van der Waals surface area contributed by atoms with Gasteiger partial charge in [0.15, 0.2) is 0 Å². The molecule has 0 atom stereocenters. The Morgan fingerprint density at radius 1 is 0.720 bits per heavy atom. The van der Waals surface area contributed by atoms with E-state index in [1.807, 2.05) is 18.2 Å². The van der Waals surface area contributed by atoms with Gasteiger partial charge in [-0.15, -0.1) is 0 Å². The first-order chi connectivity index (χ1) is 12.1. The number of benzene rings is 5. The standard InChI is InChI=1S/C20H12O.C2H4O2/c21-18-11-14-6-3-5-12-8-9-16-15-7-2-1-4-13(15)10-17(18)20(16)19(12)14;1-2(3)4/h1-11,21H;1H3,(H,3,4). The van der Waals surface area contributed by atoms with Gasteiger partial charge in [0.05, 0.1) is 0 Å². The first-order valence-electron chi connectivity index (χ1n) is 8.04. The van der Waals surface area contributed by atoms with Gasteiger partial charge in [-0.2, -0.15) is 0 Å². The molecule has 0 radical (unpaired) electrons. The normalized spacial score (nSPS) is 11.1. The van der Waals surface area contributed by atoms with Crippen LogP contribution in [0.25, 0.3) is 43.1 Å². The van der Waals surface area contributed by atoms with E-state index in [2.05, 4.69) is 48.5 Å². The molecular formula is C22H16O3. The summed E-state index contributed by atoms with van der Waals surface area (Å²) in [4.78, 5) is 9.00. The Balaban J connectivity index is 0.000000358. The minimum absolute atomic E-state index is 0.358. The van der Waals surface area contributed by atoms with E-state index in [1.165, 1.54) is 32.3 Å². The van der Waals surface area contributed by atoms with Gasteiger partial charge in [0.2, 0.25) is 0 Å². The third-order valence-corrected chi connectivity index (χ3v) is 4.47. The molecule has 0 aliphatic rings. The highest BCUT2D eigenvalue weighted by Gasteiger charge is 2.13. The summed E-state index contributed by atoms with van der Waals surface area (Å²) in [6.07, 6.45) is 0. The number of phenolic OH excluding ortho intramolecular Hbond substituents is 1. The lowest BCUT2D eigenvalue weighted by atomic mass is 9.90. The van der Waals surface area contributed by atoms with Crippen LogP contribution in [0.1, 0.15) is 6.92 Å². The molecule has 5 aromatic rings. The largest absolute Gasteiger partial charge is 0.507 e. The number of phenols is 1. The van der Waals surface area contributed by atoms with Crippen molar-refractivity contribution in [2.75, 3.05) is 0 Å². The molecule has 3 nitrogen and oxygen atoms in total. The van der Waals surface area contributed by atoms with Crippen LogP contribution in [0, 0.1) is 0 Å². The summed E-state index contributed by atoms with van der Waals surface area (Å²) in [7, 11) is 0. The van der Waals surface area contributed by atoms with E-state index in [0.29, 0.717) is 5.75 Å². The van der Waals surface area contributed by atoms with E-state index in [0.717, 1.165) is 17.7 Å². The molecular weight excluding hydrogens is 312 g/mol. The molecule has 2 N–H and O–H groups in total. The highest BCUT2D eigenvalue weighted by Crippen LogP contribution is 2.42. The first kappa shape index (κ1) is 15.2. The van der Waals surface area contributed by atoms with Crippen molar-refractivity contribution >= 4 is 49.1 Å². The van der Waals surface area contributed by atoms with Crippen LogP contribution in [0.15, 0.2) is 66.7 Å². The molecule has 0 saturated heterocycles. The van der Waals surface area contributed by atoms with E-state index in [9.17, 15) is 5.11 Å². The summed E-state index contributed by atoms with van der Waals surface area (Å²) >= 11 is 0. The van der Waals surface area contributed by atoms with Gasteiger partial charge in [-0.1, -0.05) is 54.6 Å². The number of rotatable bonds is 0. The van der Waals surface area contributed by atoms with Gasteiger partial charge < -0.3 is 10.2 Å². The number of hydrogen-bond acceptors (Lipinski definition) is 2. The molecule has 25 heavy (non-hydrogen) atoms. The van der Waals surface area contributed by atoms with Gasteiger partial charge in [-0.3, -0.25) is 4.79 Å². The topological polar surface area (TPSA) is 57.5 Å². The lowest BCUT2D eigenvalue weighted by molar-refractivity contribution is -0.134. The second kappa shape index (κ2) is 5.64. The molecule has 0 fully saturated rings. The van der Waals surface area contributed by atoms with Crippen molar-refractivity contribution in [1.82, 2.24) is 0 Å². The van der Waals surface area contributed by atoms with Gasteiger partial charge in [0.25, 0.3) is 5.97 Å². The first-order valence-corrected chi connectivity index (χ1v) is 8.04. The second-order valence-corrected chi connectivity index (χ2v) is 6.13. The third-order valence-electron chi connectivity index (χ3n) is 4.47. The zero-order valence-electron chi connectivity index (χ0n) is 13.7. The molecule has 0 unspecified atom stereocenters. The van der Waals surface area contributed by atoms with Crippen LogP contribution in [0.3, 0.4) is 0 Å². The predicted octanol–water partition coefficient (Wildman–Crippen LogP) is 5.53. The van der Waals surface area contributed by atoms with Crippen molar-refractivity contribution < 1.29 is 15.0 Å². The summed E-state index contributed by atoms with van der Waals surface area (Å²) in [5.41, 5.74) is 0. The van der Waals surface area contributed by atoms with Gasteiger partial charge in [0, 0.05) is 17.7 Å². The Bertz CT molecular complexity index is 1230. The summed E-state index contributed by atoms with van der Waals surface area (Å²) in [5, 5.41) is 27.1. The number of aromatic hydroxyl groups is 1. The highest BCUT2D eigenvalue weighted by atomic mass is 16.4. The van der Waals surface area contributed by atoms with E-state index in [-0.39, 0.29) is 0 Å². The lowest BCUT2D eigenvalue weighted by Gasteiger charge is -2.14. The molecule has 3 heteroatoms. The number of carbonyl (C=O) groups is 1. The van der Waals surface area contributed by atoms with Gasteiger partial charge in [-0.25, -0.2) is 0 Å². The number of hydrogen-bond donors (Lipinski definition) is 2. The monoisotopic (exact) mass is 328 g/mol. The number of fused-ring (bicyclic) bond motifs is 2. The van der Waals surface area contributed by atoms with Crippen molar-refractivity contribution in [3.8, 4) is 5.75 Å². The average Bonchev–Trinajstić information content (AvgIpc) is 2.59. The summed E-state index contributed by atoms with van der Waals surface area (Å²) in [5.74, 6) is -0.475. The Labute approximate surface area is 144 Å². The summed E-state index contributed by atoms with van der Waals surface area (Å²) in [6.45, 7) is 1.08. The zero-order valence-corrected chi connectivity index (χ0v) is 13.7.